The SMILES string of the molecule is CCCCNC(=O)C1CCCN(c2ccc(-c3ccncc3)nn2)C1. The summed E-state index contributed by atoms with van der Waals surface area (Å²) in [7, 11) is 0. The summed E-state index contributed by atoms with van der Waals surface area (Å²) in [6.07, 6.45) is 7.56. The van der Waals surface area contributed by atoms with Crippen molar-refractivity contribution in [3.63, 3.8) is 0 Å². The second kappa shape index (κ2) is 8.55. The summed E-state index contributed by atoms with van der Waals surface area (Å²) in [5.41, 5.74) is 1.83. The van der Waals surface area contributed by atoms with Crippen LogP contribution in [-0.2, 0) is 4.79 Å². The fourth-order valence-electron chi connectivity index (χ4n) is 3.10. The van der Waals surface area contributed by atoms with Crippen LogP contribution in [0.3, 0.4) is 0 Å². The average Bonchev–Trinajstić information content (AvgIpc) is 2.69. The maximum Gasteiger partial charge on any atom is 0.224 e. The summed E-state index contributed by atoms with van der Waals surface area (Å²) in [4.78, 5) is 18.5. The highest BCUT2D eigenvalue weighted by Gasteiger charge is 2.26. The highest BCUT2D eigenvalue weighted by Crippen LogP contribution is 2.23. The highest BCUT2D eigenvalue weighted by molar-refractivity contribution is 5.79. The third-order valence-corrected chi connectivity index (χ3v) is 4.57. The Balaban J connectivity index is 1.62. The zero-order valence-corrected chi connectivity index (χ0v) is 14.7. The minimum absolute atomic E-state index is 0.0345. The second-order valence-electron chi connectivity index (χ2n) is 6.44. The molecule has 6 heteroatoms. The van der Waals surface area contributed by atoms with Gasteiger partial charge in [-0.15, -0.1) is 10.2 Å². The number of nitrogens with one attached hydrogen (secondary N) is 1. The van der Waals surface area contributed by atoms with Crippen molar-refractivity contribution in [2.75, 3.05) is 24.5 Å². The van der Waals surface area contributed by atoms with Crippen molar-refractivity contribution in [1.82, 2.24) is 20.5 Å². The number of piperidine rings is 1. The van der Waals surface area contributed by atoms with Gasteiger partial charge in [0.25, 0.3) is 0 Å². The molecule has 3 rings (SSSR count). The van der Waals surface area contributed by atoms with E-state index < -0.39 is 0 Å². The predicted octanol–water partition coefficient (Wildman–Crippen LogP) is 2.67. The van der Waals surface area contributed by atoms with Gasteiger partial charge in [-0.05, 0) is 43.5 Å². The van der Waals surface area contributed by atoms with Gasteiger partial charge < -0.3 is 10.2 Å². The lowest BCUT2D eigenvalue weighted by Gasteiger charge is -2.32. The van der Waals surface area contributed by atoms with Crippen molar-refractivity contribution in [2.45, 2.75) is 32.6 Å². The number of pyridine rings is 1. The molecule has 0 aliphatic carbocycles. The maximum atomic E-state index is 12.3. The lowest BCUT2D eigenvalue weighted by molar-refractivity contribution is -0.125. The number of hydrogen-bond donors (Lipinski definition) is 1. The second-order valence-corrected chi connectivity index (χ2v) is 6.44. The number of aromatic nitrogens is 3. The molecule has 0 spiro atoms. The molecule has 1 N–H and O–H groups in total. The molecule has 1 saturated heterocycles. The fraction of sp³-hybridized carbons (Fsp3) is 0.474. The van der Waals surface area contributed by atoms with E-state index in [1.165, 1.54) is 0 Å². The summed E-state index contributed by atoms with van der Waals surface area (Å²) in [5, 5.41) is 11.8. The fourth-order valence-corrected chi connectivity index (χ4v) is 3.10. The summed E-state index contributed by atoms with van der Waals surface area (Å²) in [5.74, 6) is 1.04. The van der Waals surface area contributed by atoms with Crippen LogP contribution in [0.2, 0.25) is 0 Å². The minimum Gasteiger partial charge on any atom is -0.356 e. The first kappa shape index (κ1) is 17.3. The van der Waals surface area contributed by atoms with Gasteiger partial charge in [0.1, 0.15) is 0 Å². The van der Waals surface area contributed by atoms with Crippen molar-refractivity contribution in [3.05, 3.63) is 36.7 Å². The van der Waals surface area contributed by atoms with Crippen LogP contribution in [-0.4, -0.2) is 40.7 Å². The van der Waals surface area contributed by atoms with E-state index in [4.69, 9.17) is 0 Å². The topological polar surface area (TPSA) is 71.0 Å². The van der Waals surface area contributed by atoms with Crippen LogP contribution in [0.5, 0.6) is 0 Å². The lowest BCUT2D eigenvalue weighted by atomic mass is 9.97. The Bertz CT molecular complexity index is 674. The van der Waals surface area contributed by atoms with Gasteiger partial charge in [0.05, 0.1) is 11.6 Å². The van der Waals surface area contributed by atoms with E-state index in [1.807, 2.05) is 24.3 Å². The quantitative estimate of drug-likeness (QED) is 0.819. The average molecular weight is 339 g/mol. The molecule has 1 amide bonds. The van der Waals surface area contributed by atoms with Gasteiger partial charge in [-0.1, -0.05) is 13.3 Å². The normalized spacial score (nSPS) is 17.3. The number of unbranched alkanes of at least 4 members (excludes halogenated alkanes) is 1. The molecule has 0 aromatic carbocycles. The van der Waals surface area contributed by atoms with Crippen LogP contribution >= 0.6 is 0 Å². The number of nitrogens with zero attached hydrogens (tertiary/aromatic N) is 4. The van der Waals surface area contributed by atoms with Gasteiger partial charge >= 0.3 is 0 Å². The first-order valence-electron chi connectivity index (χ1n) is 9.04. The number of rotatable bonds is 6. The van der Waals surface area contributed by atoms with E-state index in [0.29, 0.717) is 6.54 Å². The zero-order chi connectivity index (χ0) is 17.5. The van der Waals surface area contributed by atoms with E-state index in [1.54, 1.807) is 12.4 Å². The smallest absolute Gasteiger partial charge is 0.224 e. The molecule has 2 aromatic heterocycles. The van der Waals surface area contributed by atoms with Crippen molar-refractivity contribution >= 4 is 11.7 Å². The number of amides is 1. The van der Waals surface area contributed by atoms with Crippen molar-refractivity contribution in [2.24, 2.45) is 5.92 Å². The molecule has 1 fully saturated rings. The molecule has 1 atom stereocenters. The predicted molar refractivity (Wildman–Crippen MR) is 98.1 cm³/mol. The van der Waals surface area contributed by atoms with E-state index in [-0.39, 0.29) is 11.8 Å². The van der Waals surface area contributed by atoms with Crippen LogP contribution in [0.15, 0.2) is 36.7 Å². The van der Waals surface area contributed by atoms with Crippen LogP contribution in [0.1, 0.15) is 32.6 Å². The van der Waals surface area contributed by atoms with Gasteiger partial charge in [0.2, 0.25) is 5.91 Å². The van der Waals surface area contributed by atoms with E-state index in [9.17, 15) is 4.79 Å². The van der Waals surface area contributed by atoms with Crippen LogP contribution < -0.4 is 10.2 Å². The first-order chi connectivity index (χ1) is 12.3. The van der Waals surface area contributed by atoms with Crippen molar-refractivity contribution < 1.29 is 4.79 Å². The summed E-state index contributed by atoms with van der Waals surface area (Å²) in [6.45, 7) is 4.53. The molecular weight excluding hydrogens is 314 g/mol. The molecule has 1 aliphatic rings. The van der Waals surface area contributed by atoms with Crippen LogP contribution in [0.4, 0.5) is 5.82 Å². The van der Waals surface area contributed by atoms with Gasteiger partial charge in [-0.25, -0.2) is 0 Å². The highest BCUT2D eigenvalue weighted by atomic mass is 16.1. The van der Waals surface area contributed by atoms with Gasteiger partial charge in [0, 0.05) is 37.6 Å². The lowest BCUT2D eigenvalue weighted by Crippen LogP contribution is -2.43. The largest absolute Gasteiger partial charge is 0.356 e. The third-order valence-electron chi connectivity index (χ3n) is 4.57. The van der Waals surface area contributed by atoms with Crippen LogP contribution in [0, 0.1) is 5.92 Å². The first-order valence-corrected chi connectivity index (χ1v) is 9.04. The van der Waals surface area contributed by atoms with Crippen molar-refractivity contribution in [3.8, 4) is 11.3 Å². The van der Waals surface area contributed by atoms with Gasteiger partial charge in [-0.2, -0.15) is 0 Å². The standard InChI is InChI=1S/C19H25N5O/c1-2-3-10-21-19(25)16-5-4-13-24(14-16)18-7-6-17(22-23-18)15-8-11-20-12-9-15/h6-9,11-12,16H,2-5,10,13-14H2,1H3,(H,21,25). The molecular formula is C19H25N5O. The molecule has 0 saturated carbocycles. The molecule has 1 aliphatic heterocycles. The molecule has 25 heavy (non-hydrogen) atoms. The molecule has 0 bridgehead atoms. The third kappa shape index (κ3) is 4.53. The Morgan fingerprint density at radius 1 is 1.24 bits per heavy atom. The molecule has 0 radical (unpaired) electrons. The monoisotopic (exact) mass is 339 g/mol. The Hall–Kier alpha value is -2.50. The number of anilines is 1. The van der Waals surface area contributed by atoms with Gasteiger partial charge in [0.15, 0.2) is 5.82 Å². The summed E-state index contributed by atoms with van der Waals surface area (Å²) >= 11 is 0. The number of carbonyl (C=O) groups is 1. The number of carbonyl (C=O) groups excluding carboxylic acids is 1. The molecule has 1 unspecified atom stereocenters. The van der Waals surface area contributed by atoms with Crippen molar-refractivity contribution in [1.29, 1.82) is 0 Å². The maximum absolute atomic E-state index is 12.3. The molecule has 3 heterocycles. The van der Waals surface area contributed by atoms with Gasteiger partial charge in [-0.3, -0.25) is 9.78 Å². The molecule has 6 nitrogen and oxygen atoms in total. The Labute approximate surface area is 148 Å². The van der Waals surface area contributed by atoms with E-state index in [2.05, 4.69) is 32.3 Å². The summed E-state index contributed by atoms with van der Waals surface area (Å²) in [6, 6.07) is 7.80. The Kier molecular flexibility index (Phi) is 5.93. The molecule has 132 valence electrons. The van der Waals surface area contributed by atoms with E-state index >= 15 is 0 Å². The summed E-state index contributed by atoms with van der Waals surface area (Å²) < 4.78 is 0. The van der Waals surface area contributed by atoms with E-state index in [0.717, 1.165) is 55.8 Å². The Morgan fingerprint density at radius 3 is 2.80 bits per heavy atom. The molecule has 2 aromatic rings. The minimum atomic E-state index is 0.0345. The zero-order valence-electron chi connectivity index (χ0n) is 14.7. The van der Waals surface area contributed by atoms with Crippen LogP contribution in [0.25, 0.3) is 11.3 Å². The Morgan fingerprint density at radius 2 is 2.08 bits per heavy atom. The number of hydrogen-bond acceptors (Lipinski definition) is 5.